The van der Waals surface area contributed by atoms with Crippen molar-refractivity contribution >= 4 is 58.3 Å². The van der Waals surface area contributed by atoms with Gasteiger partial charge in [-0.1, -0.05) is 47.5 Å². The fraction of sp³-hybridized carbons (Fsp3) is 0.217. The number of piperidine rings is 2. The monoisotopic (exact) mass is 834 g/mol. The third-order valence-electron chi connectivity index (χ3n) is 9.80. The van der Waals surface area contributed by atoms with Crippen LogP contribution in [0.3, 0.4) is 0 Å². The van der Waals surface area contributed by atoms with Crippen LogP contribution in [-0.2, 0) is 9.59 Å². The number of anilines is 2. The number of carboxylic acid groups (broad SMARTS) is 1. The van der Waals surface area contributed by atoms with Crippen molar-refractivity contribution in [3.05, 3.63) is 155 Å². The zero-order chi connectivity index (χ0) is 41.6. The molecule has 2 aliphatic rings. The van der Waals surface area contributed by atoms with Crippen molar-refractivity contribution in [2.45, 2.75) is 25.7 Å². The minimum Gasteiger partial charge on any atom is -0.478 e. The quantitative estimate of drug-likeness (QED) is 0.118. The number of likely N-dealkylation sites (tertiary alicyclic amines) is 1. The lowest BCUT2D eigenvalue weighted by Crippen LogP contribution is -2.43. The predicted octanol–water partition coefficient (Wildman–Crippen LogP) is 10.0. The molecule has 4 heterocycles. The first-order valence-electron chi connectivity index (χ1n) is 19.3. The van der Waals surface area contributed by atoms with Crippen LogP contribution in [0.1, 0.15) is 46.4 Å². The van der Waals surface area contributed by atoms with Gasteiger partial charge in [0.05, 0.1) is 29.9 Å². The Kier molecular flexibility index (Phi) is 15.1. The van der Waals surface area contributed by atoms with E-state index in [9.17, 15) is 19.2 Å². The van der Waals surface area contributed by atoms with E-state index in [1.54, 1.807) is 90.2 Å². The molecule has 4 aromatic carbocycles. The summed E-state index contributed by atoms with van der Waals surface area (Å²) in [7, 11) is 0. The molecular formula is C46H44Cl2N4O7. The molecule has 0 spiro atoms. The molecule has 304 valence electrons. The summed E-state index contributed by atoms with van der Waals surface area (Å²) in [4.78, 5) is 50.0. The van der Waals surface area contributed by atoms with Crippen LogP contribution in [0.4, 0.5) is 11.4 Å². The minimum atomic E-state index is -0.932. The summed E-state index contributed by atoms with van der Waals surface area (Å²) in [5.41, 5.74) is 4.00. The van der Waals surface area contributed by atoms with Crippen molar-refractivity contribution in [1.29, 1.82) is 0 Å². The summed E-state index contributed by atoms with van der Waals surface area (Å²) in [6.45, 7) is 2.85. The molecule has 11 nitrogen and oxygen atoms in total. The van der Waals surface area contributed by atoms with E-state index < -0.39 is 5.97 Å². The summed E-state index contributed by atoms with van der Waals surface area (Å²) >= 11 is 11.7. The van der Waals surface area contributed by atoms with E-state index in [1.807, 2.05) is 48.5 Å². The van der Waals surface area contributed by atoms with Gasteiger partial charge in [0.2, 0.25) is 11.8 Å². The number of rotatable bonds is 8. The molecule has 2 aromatic heterocycles. The van der Waals surface area contributed by atoms with E-state index in [1.165, 1.54) is 0 Å². The van der Waals surface area contributed by atoms with Gasteiger partial charge in [0.25, 0.3) is 5.91 Å². The van der Waals surface area contributed by atoms with Gasteiger partial charge in [-0.15, -0.1) is 0 Å². The van der Waals surface area contributed by atoms with E-state index in [4.69, 9.17) is 37.1 Å². The second kappa shape index (κ2) is 21.0. The lowest BCUT2D eigenvalue weighted by Gasteiger charge is -2.32. The standard InChI is InChI=1S/C23H21ClN2O3.C12H15ClN2O.C11H8O3/c24-19-8-10-20(11-9-19)25-22(27)18-6-2-12-26(15-18)23(28)17-5-1-4-16(14-17)21-7-3-13-29-21;13-10-3-5-11(6-4-10)15-12(16)9-2-1-7-14-8-9;12-11(13)9-4-1-3-8(7-9)10-5-2-6-14-10/h1,3-5,7-11,13-14,18H,2,6,12,15H2,(H,25,27);3-6,9,14H,1-2,7-8H2,(H,15,16);1-7H,(H,12,13). The molecule has 2 saturated heterocycles. The van der Waals surface area contributed by atoms with Gasteiger partial charge in [0.1, 0.15) is 11.5 Å². The summed E-state index contributed by atoms with van der Waals surface area (Å²) in [6.07, 6.45) is 6.75. The Labute approximate surface area is 352 Å². The van der Waals surface area contributed by atoms with Gasteiger partial charge in [0, 0.05) is 57.7 Å². The van der Waals surface area contributed by atoms with Crippen LogP contribution in [0, 0.1) is 11.8 Å². The number of nitrogens with zero attached hydrogens (tertiary/aromatic N) is 1. The molecular weight excluding hydrogens is 791 g/mol. The highest BCUT2D eigenvalue weighted by Crippen LogP contribution is 2.25. The van der Waals surface area contributed by atoms with Gasteiger partial charge in [-0.25, -0.2) is 4.79 Å². The molecule has 2 atom stereocenters. The third-order valence-corrected chi connectivity index (χ3v) is 10.3. The highest BCUT2D eigenvalue weighted by atomic mass is 35.5. The molecule has 2 fully saturated rings. The molecule has 4 N–H and O–H groups in total. The maximum atomic E-state index is 13.0. The number of carbonyl (C=O) groups is 4. The van der Waals surface area contributed by atoms with Crippen molar-refractivity contribution in [2.24, 2.45) is 11.8 Å². The SMILES string of the molecule is O=C(Nc1ccc(Cl)cc1)C1CCCN(C(=O)c2cccc(-c3ccco3)c2)C1.O=C(Nc1ccc(Cl)cc1)C1CCCNC1.O=C(O)c1cccc(-c2ccco2)c1. The lowest BCUT2D eigenvalue weighted by molar-refractivity contribution is -0.121. The molecule has 2 unspecified atom stereocenters. The van der Waals surface area contributed by atoms with Crippen LogP contribution < -0.4 is 16.0 Å². The smallest absolute Gasteiger partial charge is 0.335 e. The van der Waals surface area contributed by atoms with Crippen LogP contribution in [0.25, 0.3) is 22.6 Å². The number of halogens is 2. The third kappa shape index (κ3) is 12.4. The Hall–Kier alpha value is -6.14. The Morgan fingerprint density at radius 2 is 1.17 bits per heavy atom. The molecule has 2 aliphatic heterocycles. The first-order chi connectivity index (χ1) is 28.6. The predicted molar refractivity (Wildman–Crippen MR) is 230 cm³/mol. The van der Waals surface area contributed by atoms with E-state index in [0.29, 0.717) is 40.1 Å². The van der Waals surface area contributed by atoms with Gasteiger partial charge in [-0.05, 0) is 129 Å². The highest BCUT2D eigenvalue weighted by Gasteiger charge is 2.29. The first kappa shape index (κ1) is 42.5. The largest absolute Gasteiger partial charge is 0.478 e. The van der Waals surface area contributed by atoms with Gasteiger partial charge >= 0.3 is 5.97 Å². The summed E-state index contributed by atoms with van der Waals surface area (Å²) < 4.78 is 10.6. The number of aromatic carboxylic acids is 1. The lowest BCUT2D eigenvalue weighted by atomic mass is 9.96. The van der Waals surface area contributed by atoms with Gasteiger partial charge in [-0.3, -0.25) is 14.4 Å². The second-order valence-electron chi connectivity index (χ2n) is 14.0. The number of hydrogen-bond acceptors (Lipinski definition) is 7. The van der Waals surface area contributed by atoms with E-state index in [-0.39, 0.29) is 35.1 Å². The molecule has 3 amide bonds. The number of amides is 3. The van der Waals surface area contributed by atoms with Crippen LogP contribution in [0.15, 0.2) is 143 Å². The molecule has 59 heavy (non-hydrogen) atoms. The van der Waals surface area contributed by atoms with Crippen molar-refractivity contribution in [2.75, 3.05) is 36.8 Å². The van der Waals surface area contributed by atoms with E-state index in [2.05, 4.69) is 16.0 Å². The molecule has 8 rings (SSSR count). The maximum Gasteiger partial charge on any atom is 0.335 e. The maximum absolute atomic E-state index is 13.0. The van der Waals surface area contributed by atoms with E-state index >= 15 is 0 Å². The Bertz CT molecular complexity index is 2290. The number of carboxylic acids is 1. The van der Waals surface area contributed by atoms with Gasteiger partial charge < -0.3 is 34.8 Å². The Morgan fingerprint density at radius 1 is 0.644 bits per heavy atom. The average molecular weight is 836 g/mol. The molecule has 0 aliphatic carbocycles. The zero-order valence-electron chi connectivity index (χ0n) is 32.1. The fourth-order valence-corrected chi connectivity index (χ4v) is 6.94. The topological polar surface area (TPSA) is 154 Å². The first-order valence-corrected chi connectivity index (χ1v) is 20.0. The number of hydrogen-bond donors (Lipinski definition) is 4. The molecule has 13 heteroatoms. The normalized spacial score (nSPS) is 16.0. The number of furan rings is 2. The molecule has 0 bridgehead atoms. The van der Waals surface area contributed by atoms with Crippen LogP contribution in [-0.4, -0.2) is 59.9 Å². The molecule has 6 aromatic rings. The van der Waals surface area contributed by atoms with Crippen LogP contribution >= 0.6 is 23.2 Å². The number of nitrogens with one attached hydrogen (secondary N) is 3. The number of benzene rings is 4. The van der Waals surface area contributed by atoms with Crippen molar-refractivity contribution in [3.63, 3.8) is 0 Å². The van der Waals surface area contributed by atoms with Crippen molar-refractivity contribution in [1.82, 2.24) is 10.2 Å². The average Bonchev–Trinajstić information content (AvgIpc) is 4.03. The summed E-state index contributed by atoms with van der Waals surface area (Å²) in [6, 6.07) is 35.5. The second-order valence-corrected chi connectivity index (χ2v) is 14.9. The highest BCUT2D eigenvalue weighted by molar-refractivity contribution is 6.31. The van der Waals surface area contributed by atoms with E-state index in [0.717, 1.165) is 61.3 Å². The zero-order valence-corrected chi connectivity index (χ0v) is 33.6. The number of carbonyl (C=O) groups excluding carboxylic acids is 3. The summed E-state index contributed by atoms with van der Waals surface area (Å²) in [5, 5.41) is 19.1. The fourth-order valence-electron chi connectivity index (χ4n) is 6.69. The minimum absolute atomic E-state index is 0.0672. The van der Waals surface area contributed by atoms with Gasteiger partial charge in [0.15, 0.2) is 0 Å². The molecule has 0 saturated carbocycles. The van der Waals surface area contributed by atoms with Crippen LogP contribution in [0.5, 0.6) is 0 Å². The van der Waals surface area contributed by atoms with Crippen molar-refractivity contribution < 1.29 is 33.1 Å². The van der Waals surface area contributed by atoms with Gasteiger partial charge in [-0.2, -0.15) is 0 Å². The Morgan fingerprint density at radius 3 is 1.68 bits per heavy atom. The molecule has 0 radical (unpaired) electrons. The summed E-state index contributed by atoms with van der Waals surface area (Å²) in [5.74, 6) is 0.261. The van der Waals surface area contributed by atoms with Crippen LogP contribution in [0.2, 0.25) is 10.0 Å². The Balaban J connectivity index is 0.000000164. The van der Waals surface area contributed by atoms with Crippen molar-refractivity contribution in [3.8, 4) is 22.6 Å².